The van der Waals surface area contributed by atoms with Crippen molar-refractivity contribution in [1.29, 1.82) is 0 Å². The van der Waals surface area contributed by atoms with Crippen molar-refractivity contribution in [3.8, 4) is 0 Å². The molecular weight excluding hydrogens is 266 g/mol. The first-order valence-corrected chi connectivity index (χ1v) is 7.32. The predicted molar refractivity (Wildman–Crippen MR) is 83.7 cm³/mol. The van der Waals surface area contributed by atoms with Gasteiger partial charge < -0.3 is 9.64 Å². The molecule has 2 aromatic rings. The van der Waals surface area contributed by atoms with Crippen LogP contribution in [0.3, 0.4) is 0 Å². The van der Waals surface area contributed by atoms with Gasteiger partial charge in [-0.05, 0) is 19.4 Å². The van der Waals surface area contributed by atoms with Crippen LogP contribution in [0.4, 0.5) is 5.69 Å². The highest BCUT2D eigenvalue weighted by Crippen LogP contribution is 2.28. The third-order valence-corrected chi connectivity index (χ3v) is 3.34. The molecule has 1 heterocycles. The number of fused-ring (bicyclic) bond motifs is 1. The van der Waals surface area contributed by atoms with Gasteiger partial charge in [0.15, 0.2) is 5.69 Å². The van der Waals surface area contributed by atoms with Crippen molar-refractivity contribution in [1.82, 2.24) is 10.2 Å². The van der Waals surface area contributed by atoms with Gasteiger partial charge in [-0.1, -0.05) is 31.5 Å². The van der Waals surface area contributed by atoms with Crippen LogP contribution in [-0.2, 0) is 4.74 Å². The second-order valence-electron chi connectivity index (χ2n) is 4.91. The van der Waals surface area contributed by atoms with E-state index in [9.17, 15) is 4.79 Å². The van der Waals surface area contributed by atoms with Gasteiger partial charge in [0.2, 0.25) is 0 Å². The Morgan fingerprint density at radius 3 is 2.71 bits per heavy atom. The van der Waals surface area contributed by atoms with E-state index in [1.165, 1.54) is 0 Å². The summed E-state index contributed by atoms with van der Waals surface area (Å²) in [5, 5.41) is 9.14. The Hall–Kier alpha value is -2.17. The number of benzene rings is 1. The van der Waals surface area contributed by atoms with E-state index in [4.69, 9.17) is 4.74 Å². The zero-order chi connectivity index (χ0) is 15.2. The average molecular weight is 287 g/mol. The van der Waals surface area contributed by atoms with Crippen molar-refractivity contribution < 1.29 is 9.53 Å². The summed E-state index contributed by atoms with van der Waals surface area (Å²) in [6, 6.07) is 7.71. The molecule has 0 amide bonds. The second-order valence-corrected chi connectivity index (χ2v) is 4.91. The number of esters is 1. The maximum atomic E-state index is 12.1. The normalized spacial score (nSPS) is 10.6. The fourth-order valence-corrected chi connectivity index (χ4v) is 2.27. The Bertz CT molecular complexity index is 628. The van der Waals surface area contributed by atoms with Crippen molar-refractivity contribution in [2.24, 2.45) is 0 Å². The van der Waals surface area contributed by atoms with E-state index in [-0.39, 0.29) is 5.69 Å². The molecule has 0 aliphatic carbocycles. The summed E-state index contributed by atoms with van der Waals surface area (Å²) in [6.07, 6.45) is 2.14. The molecule has 0 aliphatic rings. The number of anilines is 1. The summed E-state index contributed by atoms with van der Waals surface area (Å²) in [5.74, 6) is -0.422. The minimum Gasteiger partial charge on any atom is -0.461 e. The molecule has 0 aliphatic heterocycles. The third kappa shape index (κ3) is 3.29. The molecule has 21 heavy (non-hydrogen) atoms. The predicted octanol–water partition coefficient (Wildman–Crippen LogP) is 3.04. The molecule has 0 fully saturated rings. The first kappa shape index (κ1) is 15.2. The van der Waals surface area contributed by atoms with E-state index in [0.717, 1.165) is 36.0 Å². The first-order valence-electron chi connectivity index (χ1n) is 7.32. The molecule has 0 unspecified atom stereocenters. The highest BCUT2D eigenvalue weighted by atomic mass is 16.5. The zero-order valence-electron chi connectivity index (χ0n) is 12.8. The lowest BCUT2D eigenvalue weighted by atomic mass is 10.1. The van der Waals surface area contributed by atoms with Crippen LogP contribution in [0, 0.1) is 0 Å². The number of carbonyl (C=O) groups excluding carboxylic acids is 1. The minimum atomic E-state index is -0.422. The molecule has 0 saturated carbocycles. The van der Waals surface area contributed by atoms with Crippen LogP contribution in [0.5, 0.6) is 0 Å². The van der Waals surface area contributed by atoms with Crippen molar-refractivity contribution in [2.75, 3.05) is 25.1 Å². The fourth-order valence-electron chi connectivity index (χ4n) is 2.27. The lowest BCUT2D eigenvalue weighted by Crippen LogP contribution is -2.23. The maximum absolute atomic E-state index is 12.1. The fraction of sp³-hybridized carbons (Fsp3) is 0.438. The monoisotopic (exact) mass is 287 g/mol. The number of rotatable bonds is 6. The Labute approximate surface area is 124 Å². The van der Waals surface area contributed by atoms with Crippen molar-refractivity contribution >= 4 is 22.6 Å². The SMILES string of the molecule is CCCCN(C)c1c(C(=O)OCC)nnc2ccccc12. The van der Waals surface area contributed by atoms with Crippen LogP contribution in [0.2, 0.25) is 0 Å². The average Bonchev–Trinajstić information content (AvgIpc) is 2.51. The Morgan fingerprint density at radius 2 is 2.00 bits per heavy atom. The van der Waals surface area contributed by atoms with Gasteiger partial charge in [0.05, 0.1) is 17.8 Å². The first-order chi connectivity index (χ1) is 10.2. The summed E-state index contributed by atoms with van der Waals surface area (Å²) in [7, 11) is 1.97. The van der Waals surface area contributed by atoms with Crippen molar-refractivity contribution in [3.05, 3.63) is 30.0 Å². The van der Waals surface area contributed by atoms with Gasteiger partial charge in [0.25, 0.3) is 0 Å². The highest BCUT2D eigenvalue weighted by molar-refractivity contribution is 6.03. The zero-order valence-corrected chi connectivity index (χ0v) is 12.8. The molecule has 112 valence electrons. The summed E-state index contributed by atoms with van der Waals surface area (Å²) in [5.41, 5.74) is 1.87. The van der Waals surface area contributed by atoms with Gasteiger partial charge in [0, 0.05) is 19.0 Å². The third-order valence-electron chi connectivity index (χ3n) is 3.34. The van der Waals surface area contributed by atoms with E-state index in [1.54, 1.807) is 6.92 Å². The maximum Gasteiger partial charge on any atom is 0.361 e. The number of hydrogen-bond acceptors (Lipinski definition) is 5. The molecule has 0 atom stereocenters. The number of nitrogens with zero attached hydrogens (tertiary/aromatic N) is 3. The largest absolute Gasteiger partial charge is 0.461 e. The Kier molecular flexibility index (Phi) is 5.09. The molecule has 5 nitrogen and oxygen atoms in total. The minimum absolute atomic E-state index is 0.286. The number of unbranched alkanes of at least 4 members (excludes halogenated alkanes) is 1. The number of hydrogen-bond donors (Lipinski definition) is 0. The van der Waals surface area contributed by atoms with Crippen molar-refractivity contribution in [3.63, 3.8) is 0 Å². The van der Waals surface area contributed by atoms with Crippen LogP contribution in [-0.4, -0.2) is 36.4 Å². The van der Waals surface area contributed by atoms with Gasteiger partial charge >= 0.3 is 5.97 Å². The number of carbonyl (C=O) groups is 1. The molecule has 1 aromatic carbocycles. The topological polar surface area (TPSA) is 55.3 Å². The van der Waals surface area contributed by atoms with Crippen LogP contribution in [0.15, 0.2) is 24.3 Å². The van der Waals surface area contributed by atoms with E-state index in [0.29, 0.717) is 6.61 Å². The van der Waals surface area contributed by atoms with Crippen LogP contribution in [0.1, 0.15) is 37.2 Å². The smallest absolute Gasteiger partial charge is 0.361 e. The Morgan fingerprint density at radius 1 is 1.24 bits per heavy atom. The second kappa shape index (κ2) is 7.02. The standard InChI is InChI=1S/C16H21N3O2/c1-4-6-11-19(3)15-12-9-7-8-10-13(12)17-18-14(15)16(20)21-5-2/h7-10H,4-6,11H2,1-3H3. The summed E-state index contributed by atoms with van der Waals surface area (Å²) >= 11 is 0. The lowest BCUT2D eigenvalue weighted by molar-refractivity contribution is 0.0519. The van der Waals surface area contributed by atoms with E-state index >= 15 is 0 Å². The number of aromatic nitrogens is 2. The Balaban J connectivity index is 2.54. The van der Waals surface area contributed by atoms with Crippen LogP contribution in [0.25, 0.3) is 10.9 Å². The van der Waals surface area contributed by atoms with E-state index in [1.807, 2.05) is 31.3 Å². The molecule has 0 spiro atoms. The molecular formula is C16H21N3O2. The van der Waals surface area contributed by atoms with Crippen LogP contribution < -0.4 is 4.90 Å². The van der Waals surface area contributed by atoms with E-state index in [2.05, 4.69) is 22.0 Å². The van der Waals surface area contributed by atoms with Crippen LogP contribution >= 0.6 is 0 Å². The van der Waals surface area contributed by atoms with E-state index < -0.39 is 5.97 Å². The van der Waals surface area contributed by atoms with Gasteiger partial charge in [0.1, 0.15) is 0 Å². The molecule has 0 saturated heterocycles. The molecule has 2 rings (SSSR count). The molecule has 0 radical (unpaired) electrons. The molecule has 5 heteroatoms. The highest BCUT2D eigenvalue weighted by Gasteiger charge is 2.21. The summed E-state index contributed by atoms with van der Waals surface area (Å²) in [6.45, 7) is 5.11. The quantitative estimate of drug-likeness (QED) is 0.764. The van der Waals surface area contributed by atoms with Gasteiger partial charge in [-0.2, -0.15) is 0 Å². The van der Waals surface area contributed by atoms with Gasteiger partial charge in [-0.3, -0.25) is 0 Å². The molecule has 0 bridgehead atoms. The molecule has 1 aromatic heterocycles. The summed E-state index contributed by atoms with van der Waals surface area (Å²) < 4.78 is 5.10. The number of ether oxygens (including phenoxy) is 1. The van der Waals surface area contributed by atoms with Crippen molar-refractivity contribution in [2.45, 2.75) is 26.7 Å². The molecule has 0 N–H and O–H groups in total. The summed E-state index contributed by atoms with van der Waals surface area (Å²) in [4.78, 5) is 14.2. The lowest BCUT2D eigenvalue weighted by Gasteiger charge is -2.22. The van der Waals surface area contributed by atoms with Gasteiger partial charge in [-0.25, -0.2) is 4.79 Å². The van der Waals surface area contributed by atoms with Gasteiger partial charge in [-0.15, -0.1) is 10.2 Å².